The highest BCUT2D eigenvalue weighted by atomic mass is 16.6. The number of ether oxygens (including phenoxy) is 2. The molecule has 0 spiro atoms. The number of esters is 1. The lowest BCUT2D eigenvalue weighted by Crippen LogP contribution is -2.65. The van der Waals surface area contributed by atoms with E-state index in [1.165, 1.54) is 0 Å². The molecule has 2 aromatic heterocycles. The number of carbonyl (C=O) groups is 1. The van der Waals surface area contributed by atoms with E-state index in [-0.39, 0.29) is 23.6 Å². The van der Waals surface area contributed by atoms with Crippen molar-refractivity contribution in [2.45, 2.75) is 52.7 Å². The van der Waals surface area contributed by atoms with Crippen LogP contribution in [0.1, 0.15) is 48.4 Å². The van der Waals surface area contributed by atoms with Gasteiger partial charge < -0.3 is 9.47 Å². The lowest BCUT2D eigenvalue weighted by Gasteiger charge is -2.58. The molecule has 0 aromatic carbocycles. The molecule has 0 amide bonds. The van der Waals surface area contributed by atoms with Crippen molar-refractivity contribution in [3.05, 3.63) is 23.0 Å². The molecule has 0 radical (unpaired) electrons. The summed E-state index contributed by atoms with van der Waals surface area (Å²) in [4.78, 5) is 17.5. The number of fused-ring (bicyclic) bond motifs is 2. The molecule has 1 aliphatic heterocycles. The lowest BCUT2D eigenvalue weighted by molar-refractivity contribution is -0.243. The minimum atomic E-state index is -0.284. The van der Waals surface area contributed by atoms with Crippen molar-refractivity contribution < 1.29 is 14.3 Å². The Kier molecular flexibility index (Phi) is 3.65. The Bertz CT molecular complexity index is 855. The molecule has 2 aliphatic rings. The molecule has 2 aromatic rings. The topological polar surface area (TPSA) is 66.2 Å². The second-order valence-corrected chi connectivity index (χ2v) is 7.96. The molecule has 25 heavy (non-hydrogen) atoms. The highest BCUT2D eigenvalue weighted by molar-refractivity contribution is 6.04. The number of pyridine rings is 1. The lowest BCUT2D eigenvalue weighted by atomic mass is 9.56. The molecule has 1 saturated carbocycles. The van der Waals surface area contributed by atoms with Gasteiger partial charge in [-0.2, -0.15) is 5.10 Å². The summed E-state index contributed by atoms with van der Waals surface area (Å²) in [5, 5.41) is 5.19. The fourth-order valence-corrected chi connectivity index (χ4v) is 4.63. The molecule has 1 saturated heterocycles. The summed E-state index contributed by atoms with van der Waals surface area (Å²) < 4.78 is 13.6. The zero-order valence-electron chi connectivity index (χ0n) is 15.5. The summed E-state index contributed by atoms with van der Waals surface area (Å²) in [7, 11) is 1.84. The first-order valence-corrected chi connectivity index (χ1v) is 8.94. The smallest absolute Gasteiger partial charge is 0.339 e. The maximum Gasteiger partial charge on any atom is 0.339 e. The van der Waals surface area contributed by atoms with Gasteiger partial charge in [0.2, 0.25) is 0 Å². The fraction of sp³-hybridized carbons (Fsp3) is 0.632. The summed E-state index contributed by atoms with van der Waals surface area (Å²) in [6.45, 7) is 8.84. The Morgan fingerprint density at radius 2 is 2.16 bits per heavy atom. The van der Waals surface area contributed by atoms with Crippen LogP contribution in [0.4, 0.5) is 0 Å². The first-order valence-electron chi connectivity index (χ1n) is 8.94. The van der Waals surface area contributed by atoms with Gasteiger partial charge in [-0.05, 0) is 32.8 Å². The van der Waals surface area contributed by atoms with Crippen molar-refractivity contribution in [2.24, 2.45) is 18.4 Å². The van der Waals surface area contributed by atoms with Crippen LogP contribution in [0.25, 0.3) is 11.0 Å². The Morgan fingerprint density at radius 1 is 1.40 bits per heavy atom. The normalized spacial score (nSPS) is 27.6. The molecule has 3 heterocycles. The molecule has 3 atom stereocenters. The largest absolute Gasteiger partial charge is 0.458 e. The molecule has 0 N–H and O–H groups in total. The Labute approximate surface area is 147 Å². The SMILES string of the molecule is Cc1cc(C(=O)OC2C3CCCOC3C2(C)C)c2c(C)nn(C)c2n1. The minimum Gasteiger partial charge on any atom is -0.458 e. The van der Waals surface area contributed by atoms with Crippen LogP contribution in [0, 0.1) is 25.2 Å². The first-order chi connectivity index (χ1) is 11.8. The predicted octanol–water partition coefficient (Wildman–Crippen LogP) is 2.95. The third kappa shape index (κ3) is 2.38. The van der Waals surface area contributed by atoms with Crippen LogP contribution >= 0.6 is 0 Å². The summed E-state index contributed by atoms with van der Waals surface area (Å²) in [6.07, 6.45) is 2.18. The van der Waals surface area contributed by atoms with Crippen LogP contribution < -0.4 is 0 Å². The van der Waals surface area contributed by atoms with Crippen LogP contribution in [0.5, 0.6) is 0 Å². The standard InChI is InChI=1S/C19H25N3O3/c1-10-9-13(14-11(2)21-22(5)17(14)20-10)18(23)25-16-12-7-6-8-24-15(12)19(16,3)4/h9,12,15-16H,6-8H2,1-5H3. The summed E-state index contributed by atoms with van der Waals surface area (Å²) in [5.41, 5.74) is 2.71. The highest BCUT2D eigenvalue weighted by Gasteiger charge is 2.60. The Morgan fingerprint density at radius 3 is 2.92 bits per heavy atom. The summed E-state index contributed by atoms with van der Waals surface area (Å²) in [5.74, 6) is 0.0230. The van der Waals surface area contributed by atoms with E-state index >= 15 is 0 Å². The van der Waals surface area contributed by atoms with Gasteiger partial charge in [-0.3, -0.25) is 4.68 Å². The van der Waals surface area contributed by atoms with E-state index in [0.29, 0.717) is 11.5 Å². The maximum absolute atomic E-state index is 13.0. The van der Waals surface area contributed by atoms with Gasteiger partial charge in [0.25, 0.3) is 0 Å². The van der Waals surface area contributed by atoms with Crippen LogP contribution in [0.15, 0.2) is 6.07 Å². The number of nitrogens with zero attached hydrogens (tertiary/aromatic N) is 3. The first kappa shape index (κ1) is 16.5. The zero-order chi connectivity index (χ0) is 17.9. The van der Waals surface area contributed by atoms with E-state index in [2.05, 4.69) is 23.9 Å². The molecule has 1 aliphatic carbocycles. The zero-order valence-corrected chi connectivity index (χ0v) is 15.5. The monoisotopic (exact) mass is 343 g/mol. The van der Waals surface area contributed by atoms with Gasteiger partial charge >= 0.3 is 5.97 Å². The quantitative estimate of drug-likeness (QED) is 0.784. The number of aryl methyl sites for hydroxylation is 3. The average Bonchev–Trinajstić information content (AvgIpc) is 2.86. The van der Waals surface area contributed by atoms with E-state index < -0.39 is 0 Å². The number of carbonyl (C=O) groups excluding carboxylic acids is 1. The molecule has 2 fully saturated rings. The molecular weight excluding hydrogens is 318 g/mol. The van der Waals surface area contributed by atoms with E-state index in [4.69, 9.17) is 9.47 Å². The number of hydrogen-bond donors (Lipinski definition) is 0. The fourth-order valence-electron chi connectivity index (χ4n) is 4.63. The highest BCUT2D eigenvalue weighted by Crippen LogP contribution is 2.53. The van der Waals surface area contributed by atoms with Gasteiger partial charge in [-0.25, -0.2) is 9.78 Å². The number of rotatable bonds is 2. The van der Waals surface area contributed by atoms with Gasteiger partial charge in [0, 0.05) is 30.7 Å². The number of aromatic nitrogens is 3. The van der Waals surface area contributed by atoms with Crippen LogP contribution in [0.2, 0.25) is 0 Å². The van der Waals surface area contributed by atoms with Crippen LogP contribution in [-0.2, 0) is 16.5 Å². The predicted molar refractivity (Wildman–Crippen MR) is 93.4 cm³/mol. The van der Waals surface area contributed by atoms with Crippen molar-refractivity contribution in [3.63, 3.8) is 0 Å². The van der Waals surface area contributed by atoms with Crippen molar-refractivity contribution >= 4 is 17.0 Å². The second-order valence-electron chi connectivity index (χ2n) is 7.96. The molecule has 3 unspecified atom stereocenters. The van der Waals surface area contributed by atoms with Crippen molar-refractivity contribution in [1.29, 1.82) is 0 Å². The second kappa shape index (κ2) is 5.53. The molecule has 6 nitrogen and oxygen atoms in total. The minimum absolute atomic E-state index is 0.106. The van der Waals surface area contributed by atoms with Gasteiger partial charge in [0.1, 0.15) is 6.10 Å². The van der Waals surface area contributed by atoms with E-state index in [1.807, 2.05) is 20.9 Å². The number of hydrogen-bond acceptors (Lipinski definition) is 5. The van der Waals surface area contributed by atoms with Crippen molar-refractivity contribution in [3.8, 4) is 0 Å². The van der Waals surface area contributed by atoms with Gasteiger partial charge in [0.15, 0.2) is 5.65 Å². The molecule has 6 heteroatoms. The van der Waals surface area contributed by atoms with Crippen molar-refractivity contribution in [1.82, 2.24) is 14.8 Å². The van der Waals surface area contributed by atoms with E-state index in [1.54, 1.807) is 10.7 Å². The molecule has 134 valence electrons. The van der Waals surface area contributed by atoms with Crippen LogP contribution in [0.3, 0.4) is 0 Å². The van der Waals surface area contributed by atoms with E-state index in [0.717, 1.165) is 41.9 Å². The third-order valence-electron chi connectivity index (χ3n) is 5.77. The molecular formula is C19H25N3O3. The van der Waals surface area contributed by atoms with E-state index in [9.17, 15) is 4.79 Å². The Balaban J connectivity index is 1.67. The summed E-state index contributed by atoms with van der Waals surface area (Å²) in [6, 6.07) is 1.81. The summed E-state index contributed by atoms with van der Waals surface area (Å²) >= 11 is 0. The van der Waals surface area contributed by atoms with Gasteiger partial charge in [-0.1, -0.05) is 13.8 Å². The third-order valence-corrected chi connectivity index (χ3v) is 5.77. The van der Waals surface area contributed by atoms with Crippen LogP contribution in [-0.4, -0.2) is 39.5 Å². The van der Waals surface area contributed by atoms with Gasteiger partial charge in [-0.15, -0.1) is 0 Å². The average molecular weight is 343 g/mol. The molecule has 0 bridgehead atoms. The molecule has 4 rings (SSSR count). The van der Waals surface area contributed by atoms with Crippen molar-refractivity contribution in [2.75, 3.05) is 6.61 Å². The maximum atomic E-state index is 13.0. The Hall–Kier alpha value is -1.95. The van der Waals surface area contributed by atoms with Gasteiger partial charge in [0.05, 0.1) is 22.7 Å².